The van der Waals surface area contributed by atoms with Crippen LogP contribution in [0.2, 0.25) is 0 Å². The Morgan fingerprint density at radius 2 is 1.36 bits per heavy atom. The Labute approximate surface area is 330 Å². The zero-order valence-electron chi connectivity index (χ0n) is 30.4. The number of hydrogen-bond donors (Lipinski definition) is 1. The van der Waals surface area contributed by atoms with Crippen molar-refractivity contribution in [3.63, 3.8) is 0 Å². The number of hydrogen-bond acceptors (Lipinski definition) is 8. The van der Waals surface area contributed by atoms with Crippen molar-refractivity contribution >= 4 is 44.7 Å². The lowest BCUT2D eigenvalue weighted by atomic mass is 10.0. The van der Waals surface area contributed by atoms with E-state index in [1.165, 1.54) is 16.0 Å². The van der Waals surface area contributed by atoms with Crippen LogP contribution in [-0.4, -0.2) is 23.9 Å². The quantitative estimate of drug-likeness (QED) is 0.167. The second-order valence-electron chi connectivity index (χ2n) is 13.9. The molecule has 1 aliphatic rings. The summed E-state index contributed by atoms with van der Waals surface area (Å²) < 4.78 is 17.9. The van der Waals surface area contributed by atoms with Crippen molar-refractivity contribution in [2.75, 3.05) is 0 Å². The summed E-state index contributed by atoms with van der Waals surface area (Å²) in [4.78, 5) is 15.7. The number of amides is 1. The number of halogens is 1. The number of carbonyl (C=O) groups is 1. The minimum absolute atomic E-state index is 0. The fourth-order valence-electron chi connectivity index (χ4n) is 5.85. The van der Waals surface area contributed by atoms with Gasteiger partial charge in [-0.1, -0.05) is 25.6 Å². The molecule has 1 N–H and O–H groups in total. The highest BCUT2D eigenvalue weighted by molar-refractivity contribution is 9.11. The van der Waals surface area contributed by atoms with Gasteiger partial charge in [-0.25, -0.2) is 4.79 Å². The maximum atomic E-state index is 12.3. The molecule has 0 saturated heterocycles. The van der Waals surface area contributed by atoms with E-state index in [-0.39, 0.29) is 31.8 Å². The van der Waals surface area contributed by atoms with Crippen LogP contribution < -0.4 is 14.8 Å². The van der Waals surface area contributed by atoms with Gasteiger partial charge in [-0.05, 0) is 166 Å². The van der Waals surface area contributed by atoms with E-state index in [0.717, 1.165) is 43.1 Å². The standard InChI is InChI=1S/C28H30N2O3S.C14H12BrNOS.CH4/c1-17(2)32-24-12-9-18(15-19(24)16-29)25-13-14-26(34-25)22-8-6-7-21-20(22)10-11-23(21)30-27(31)33-28(3,4)5;1-9(2)17-12-4-3-10(7-11(12)8-16)13-5-6-14(15)18-13;/h6-9,12-15,17,23H,10-11H2,1-5H3,(H,30,31);3-7,9H,1-2H3;1H4/t23-;;/m1../s1. The molecule has 2 aromatic heterocycles. The second kappa shape index (κ2) is 17.9. The maximum absolute atomic E-state index is 12.3. The first kappa shape index (κ1) is 41.2. The Bertz CT molecular complexity index is 2130. The predicted molar refractivity (Wildman–Crippen MR) is 221 cm³/mol. The molecule has 0 fully saturated rings. The summed E-state index contributed by atoms with van der Waals surface area (Å²) in [6.45, 7) is 13.4. The third-order valence-corrected chi connectivity index (χ3v) is 10.7. The Morgan fingerprint density at radius 3 is 1.87 bits per heavy atom. The number of alkyl carbamates (subject to hydrolysis) is 1. The lowest BCUT2D eigenvalue weighted by molar-refractivity contribution is 0.0503. The third kappa shape index (κ3) is 10.7. The summed E-state index contributed by atoms with van der Waals surface area (Å²) in [6, 6.07) is 30.4. The molecule has 5 aromatic rings. The lowest BCUT2D eigenvalue weighted by Crippen LogP contribution is -2.34. The Balaban J connectivity index is 0.000000279. The minimum Gasteiger partial charge on any atom is -0.490 e. The Kier molecular flexibility index (Phi) is 13.9. The lowest BCUT2D eigenvalue weighted by Gasteiger charge is -2.22. The highest BCUT2D eigenvalue weighted by atomic mass is 79.9. The molecular formula is C43H46BrN3O4S2. The molecule has 0 aliphatic heterocycles. The number of ether oxygens (including phenoxy) is 3. The predicted octanol–water partition coefficient (Wildman–Crippen LogP) is 12.7. The van der Waals surface area contributed by atoms with E-state index in [9.17, 15) is 15.3 Å². The number of carbonyl (C=O) groups excluding carboxylic acids is 1. The summed E-state index contributed by atoms with van der Waals surface area (Å²) in [6.07, 6.45) is 1.46. The van der Waals surface area contributed by atoms with Crippen molar-refractivity contribution in [1.29, 1.82) is 10.5 Å². The molecule has 7 nitrogen and oxygen atoms in total. The number of nitrogens with zero attached hydrogens (tertiary/aromatic N) is 2. The van der Waals surface area contributed by atoms with Gasteiger partial charge < -0.3 is 19.5 Å². The van der Waals surface area contributed by atoms with Gasteiger partial charge in [0.2, 0.25) is 0 Å². The molecular weight excluding hydrogens is 767 g/mol. The SMILES string of the molecule is C.CC(C)Oc1ccc(-c2ccc(-c3cccc4c3CC[C@H]4NC(=O)OC(C)(C)C)s2)cc1C#N.CC(C)Oc1ccc(-c2ccc(Br)s2)cc1C#N. The highest BCUT2D eigenvalue weighted by Crippen LogP contribution is 2.42. The van der Waals surface area contributed by atoms with Crippen LogP contribution in [0.25, 0.3) is 31.3 Å². The van der Waals surface area contributed by atoms with Gasteiger partial charge in [0.05, 0.1) is 33.2 Å². The monoisotopic (exact) mass is 811 g/mol. The topological polar surface area (TPSA) is 104 Å². The molecule has 0 spiro atoms. The fraction of sp³-hybridized carbons (Fsp3) is 0.326. The van der Waals surface area contributed by atoms with Crippen molar-refractivity contribution in [1.82, 2.24) is 5.32 Å². The maximum Gasteiger partial charge on any atom is 0.408 e. The molecule has 10 heteroatoms. The fourth-order valence-corrected chi connectivity index (χ4v) is 8.28. The molecule has 3 aromatic carbocycles. The molecule has 0 unspecified atom stereocenters. The second-order valence-corrected chi connectivity index (χ2v) is 17.4. The van der Waals surface area contributed by atoms with Crippen molar-refractivity contribution in [3.8, 4) is 55.0 Å². The molecule has 276 valence electrons. The van der Waals surface area contributed by atoms with Gasteiger partial charge in [-0.15, -0.1) is 22.7 Å². The highest BCUT2D eigenvalue weighted by Gasteiger charge is 2.28. The number of nitrogens with one attached hydrogen (secondary N) is 1. The van der Waals surface area contributed by atoms with Crippen LogP contribution in [0.4, 0.5) is 4.79 Å². The average molecular weight is 813 g/mol. The molecule has 53 heavy (non-hydrogen) atoms. The summed E-state index contributed by atoms with van der Waals surface area (Å²) in [7, 11) is 0. The number of rotatable bonds is 8. The van der Waals surface area contributed by atoms with Crippen LogP contribution in [0.15, 0.2) is 82.6 Å². The van der Waals surface area contributed by atoms with Crippen LogP contribution in [0.3, 0.4) is 0 Å². The van der Waals surface area contributed by atoms with Gasteiger partial charge in [-0.3, -0.25) is 0 Å². The van der Waals surface area contributed by atoms with E-state index >= 15 is 0 Å². The van der Waals surface area contributed by atoms with Gasteiger partial charge in [0.1, 0.15) is 29.2 Å². The van der Waals surface area contributed by atoms with Crippen molar-refractivity contribution in [2.24, 2.45) is 0 Å². The summed E-state index contributed by atoms with van der Waals surface area (Å²) >= 11 is 6.79. The van der Waals surface area contributed by atoms with Crippen molar-refractivity contribution in [3.05, 3.63) is 105 Å². The molecule has 0 radical (unpaired) electrons. The van der Waals surface area contributed by atoms with Gasteiger partial charge in [0, 0.05) is 14.6 Å². The summed E-state index contributed by atoms with van der Waals surface area (Å²) in [5.41, 5.74) is 6.26. The molecule has 2 heterocycles. The molecule has 1 atom stereocenters. The van der Waals surface area contributed by atoms with E-state index in [2.05, 4.69) is 63.7 Å². The van der Waals surface area contributed by atoms with Crippen molar-refractivity contribution < 1.29 is 19.0 Å². The first-order valence-corrected chi connectivity index (χ1v) is 19.6. The number of benzene rings is 3. The average Bonchev–Trinajstić information content (AvgIpc) is 3.85. The normalized spacial score (nSPS) is 13.2. The number of thiophene rings is 2. The van der Waals surface area contributed by atoms with Gasteiger partial charge in [0.15, 0.2) is 0 Å². The first-order chi connectivity index (χ1) is 24.7. The first-order valence-electron chi connectivity index (χ1n) is 17.1. The summed E-state index contributed by atoms with van der Waals surface area (Å²) in [5.74, 6) is 1.26. The largest absolute Gasteiger partial charge is 0.490 e. The number of nitriles is 2. The van der Waals surface area contributed by atoms with E-state index in [0.29, 0.717) is 22.6 Å². The summed E-state index contributed by atoms with van der Waals surface area (Å²) in [5, 5.41) is 21.8. The molecule has 1 aliphatic carbocycles. The van der Waals surface area contributed by atoms with E-state index in [4.69, 9.17) is 14.2 Å². The number of fused-ring (bicyclic) bond motifs is 1. The van der Waals surface area contributed by atoms with E-state index in [1.807, 2.05) is 97.0 Å². The zero-order chi connectivity index (χ0) is 37.6. The zero-order valence-corrected chi connectivity index (χ0v) is 33.6. The van der Waals surface area contributed by atoms with Gasteiger partial charge in [-0.2, -0.15) is 10.5 Å². The third-order valence-electron chi connectivity index (χ3n) is 7.90. The Hall–Kier alpha value is -4.61. The van der Waals surface area contributed by atoms with Crippen LogP contribution in [0.5, 0.6) is 11.5 Å². The smallest absolute Gasteiger partial charge is 0.408 e. The van der Waals surface area contributed by atoms with Crippen LogP contribution in [0.1, 0.15) is 90.6 Å². The molecule has 0 saturated carbocycles. The van der Waals surface area contributed by atoms with E-state index < -0.39 is 5.60 Å². The van der Waals surface area contributed by atoms with E-state index in [1.54, 1.807) is 22.7 Å². The van der Waals surface area contributed by atoms with Crippen LogP contribution >= 0.6 is 38.6 Å². The van der Waals surface area contributed by atoms with Gasteiger partial charge in [0.25, 0.3) is 0 Å². The van der Waals surface area contributed by atoms with Crippen molar-refractivity contribution in [2.45, 2.75) is 92.6 Å². The molecule has 0 bridgehead atoms. The molecule has 6 rings (SSSR count). The minimum atomic E-state index is -0.523. The molecule has 1 amide bonds. The van der Waals surface area contributed by atoms with Gasteiger partial charge >= 0.3 is 6.09 Å². The Morgan fingerprint density at radius 1 is 0.811 bits per heavy atom. The van der Waals surface area contributed by atoms with Crippen LogP contribution in [-0.2, 0) is 11.2 Å². The van der Waals surface area contributed by atoms with Crippen LogP contribution in [0, 0.1) is 22.7 Å².